The lowest BCUT2D eigenvalue weighted by Crippen LogP contribution is -2.15. The lowest BCUT2D eigenvalue weighted by atomic mass is 10.1. The fourth-order valence-electron chi connectivity index (χ4n) is 2.06. The van der Waals surface area contributed by atoms with Crippen LogP contribution in [0.2, 0.25) is 0 Å². The Morgan fingerprint density at radius 1 is 1.19 bits per heavy atom. The standard InChI is InChI=1S/C16H23NO4/c1-3-4-5-6-7-8-13(2)21-16(18)14-9-11-15(12-10-14)17(19)20/h9-13H,3-8H2,1-2H3/t13-/m1/s1. The molecule has 0 fully saturated rings. The summed E-state index contributed by atoms with van der Waals surface area (Å²) >= 11 is 0. The quantitative estimate of drug-likeness (QED) is 0.291. The fourth-order valence-corrected chi connectivity index (χ4v) is 2.06. The molecule has 1 atom stereocenters. The zero-order chi connectivity index (χ0) is 15.7. The Labute approximate surface area is 125 Å². The van der Waals surface area contributed by atoms with Gasteiger partial charge in [0, 0.05) is 12.1 Å². The third kappa shape index (κ3) is 6.38. The van der Waals surface area contributed by atoms with E-state index in [9.17, 15) is 14.9 Å². The van der Waals surface area contributed by atoms with Gasteiger partial charge in [-0.1, -0.05) is 32.6 Å². The summed E-state index contributed by atoms with van der Waals surface area (Å²) in [6.45, 7) is 4.05. The maximum absolute atomic E-state index is 11.9. The summed E-state index contributed by atoms with van der Waals surface area (Å²) in [5.41, 5.74) is 0.314. The summed E-state index contributed by atoms with van der Waals surface area (Å²) in [4.78, 5) is 21.9. The molecular formula is C16H23NO4. The number of rotatable bonds is 9. The fraction of sp³-hybridized carbons (Fsp3) is 0.562. The van der Waals surface area contributed by atoms with Crippen molar-refractivity contribution < 1.29 is 14.5 Å². The minimum absolute atomic E-state index is 0.0319. The van der Waals surface area contributed by atoms with E-state index in [1.165, 1.54) is 43.5 Å². The minimum atomic E-state index is -0.492. The van der Waals surface area contributed by atoms with Crippen LogP contribution in [0.4, 0.5) is 5.69 Å². The Morgan fingerprint density at radius 3 is 2.38 bits per heavy atom. The number of hydrogen-bond donors (Lipinski definition) is 0. The van der Waals surface area contributed by atoms with E-state index in [0.29, 0.717) is 5.56 Å². The molecule has 0 N–H and O–H groups in total. The van der Waals surface area contributed by atoms with Crippen molar-refractivity contribution in [2.45, 2.75) is 58.5 Å². The molecule has 0 aromatic heterocycles. The highest BCUT2D eigenvalue weighted by Crippen LogP contribution is 2.15. The highest BCUT2D eigenvalue weighted by atomic mass is 16.6. The predicted octanol–water partition coefficient (Wildman–Crippen LogP) is 4.50. The zero-order valence-electron chi connectivity index (χ0n) is 12.7. The normalized spacial score (nSPS) is 11.9. The first-order valence-electron chi connectivity index (χ1n) is 7.50. The van der Waals surface area contributed by atoms with E-state index in [0.717, 1.165) is 19.3 Å². The van der Waals surface area contributed by atoms with Crippen LogP contribution in [-0.2, 0) is 4.74 Å². The summed E-state index contributed by atoms with van der Waals surface area (Å²) in [6, 6.07) is 5.47. The van der Waals surface area contributed by atoms with Gasteiger partial charge in [-0.25, -0.2) is 4.79 Å². The van der Waals surface area contributed by atoms with E-state index in [4.69, 9.17) is 4.74 Å². The smallest absolute Gasteiger partial charge is 0.338 e. The van der Waals surface area contributed by atoms with E-state index in [-0.39, 0.29) is 11.8 Å². The topological polar surface area (TPSA) is 69.4 Å². The lowest BCUT2D eigenvalue weighted by molar-refractivity contribution is -0.384. The molecular weight excluding hydrogens is 270 g/mol. The first-order valence-corrected chi connectivity index (χ1v) is 7.50. The Bertz CT molecular complexity index is 456. The summed E-state index contributed by atoms with van der Waals surface area (Å²) < 4.78 is 5.33. The highest BCUT2D eigenvalue weighted by molar-refractivity contribution is 5.89. The molecule has 0 saturated carbocycles. The highest BCUT2D eigenvalue weighted by Gasteiger charge is 2.13. The van der Waals surface area contributed by atoms with Gasteiger partial charge in [0.25, 0.3) is 5.69 Å². The molecule has 0 amide bonds. The number of unbranched alkanes of at least 4 members (excludes halogenated alkanes) is 4. The monoisotopic (exact) mass is 293 g/mol. The van der Waals surface area contributed by atoms with Crippen LogP contribution >= 0.6 is 0 Å². The second kappa shape index (κ2) is 9.10. The molecule has 0 heterocycles. The first kappa shape index (κ1) is 17.1. The largest absolute Gasteiger partial charge is 0.459 e. The van der Waals surface area contributed by atoms with Gasteiger partial charge in [-0.2, -0.15) is 0 Å². The number of benzene rings is 1. The Kier molecular flexibility index (Phi) is 7.43. The lowest BCUT2D eigenvalue weighted by Gasteiger charge is -2.13. The maximum atomic E-state index is 11.9. The number of hydrogen-bond acceptors (Lipinski definition) is 4. The van der Waals surface area contributed by atoms with Crippen molar-refractivity contribution >= 4 is 11.7 Å². The van der Waals surface area contributed by atoms with Crippen molar-refractivity contribution in [2.24, 2.45) is 0 Å². The van der Waals surface area contributed by atoms with E-state index >= 15 is 0 Å². The molecule has 0 radical (unpaired) electrons. The SMILES string of the molecule is CCCCCCC[C@@H](C)OC(=O)c1ccc([N+](=O)[O-])cc1. The molecule has 0 saturated heterocycles. The van der Waals surface area contributed by atoms with Gasteiger partial charge in [-0.3, -0.25) is 10.1 Å². The minimum Gasteiger partial charge on any atom is -0.459 e. The van der Waals surface area contributed by atoms with E-state index in [1.807, 2.05) is 6.92 Å². The van der Waals surface area contributed by atoms with Gasteiger partial charge in [0.15, 0.2) is 0 Å². The van der Waals surface area contributed by atoms with Crippen LogP contribution < -0.4 is 0 Å². The third-order valence-corrected chi connectivity index (χ3v) is 3.34. The Morgan fingerprint density at radius 2 is 1.81 bits per heavy atom. The molecule has 0 spiro atoms. The van der Waals surface area contributed by atoms with Gasteiger partial charge in [-0.05, 0) is 31.9 Å². The Hall–Kier alpha value is -1.91. The van der Waals surface area contributed by atoms with E-state index in [1.54, 1.807) is 0 Å². The van der Waals surface area contributed by atoms with Crippen molar-refractivity contribution in [1.29, 1.82) is 0 Å². The number of nitrogens with zero attached hydrogens (tertiary/aromatic N) is 1. The molecule has 0 aliphatic heterocycles. The molecule has 116 valence electrons. The number of non-ortho nitro benzene ring substituents is 1. The van der Waals surface area contributed by atoms with Crippen LogP contribution in [0.3, 0.4) is 0 Å². The number of nitro benzene ring substituents is 1. The van der Waals surface area contributed by atoms with Crippen molar-refractivity contribution in [3.63, 3.8) is 0 Å². The van der Waals surface area contributed by atoms with Crippen LogP contribution in [0.1, 0.15) is 62.7 Å². The van der Waals surface area contributed by atoms with Crippen LogP contribution in [0.5, 0.6) is 0 Å². The van der Waals surface area contributed by atoms with Crippen molar-refractivity contribution in [2.75, 3.05) is 0 Å². The molecule has 0 unspecified atom stereocenters. The summed E-state index contributed by atoms with van der Waals surface area (Å²) in [5, 5.41) is 10.5. The zero-order valence-corrected chi connectivity index (χ0v) is 12.7. The number of carbonyl (C=O) groups excluding carboxylic acids is 1. The Balaban J connectivity index is 2.36. The molecule has 1 aromatic carbocycles. The van der Waals surface area contributed by atoms with Gasteiger partial charge in [-0.15, -0.1) is 0 Å². The van der Waals surface area contributed by atoms with Gasteiger partial charge in [0.2, 0.25) is 0 Å². The average molecular weight is 293 g/mol. The van der Waals surface area contributed by atoms with Crippen LogP contribution in [0, 0.1) is 10.1 Å². The first-order chi connectivity index (χ1) is 10.0. The average Bonchev–Trinajstić information content (AvgIpc) is 2.47. The predicted molar refractivity (Wildman–Crippen MR) is 81.3 cm³/mol. The molecule has 0 aliphatic rings. The molecule has 0 bridgehead atoms. The number of carbonyl (C=O) groups is 1. The second-order valence-electron chi connectivity index (χ2n) is 5.22. The van der Waals surface area contributed by atoms with E-state index in [2.05, 4.69) is 6.92 Å². The van der Waals surface area contributed by atoms with Gasteiger partial charge >= 0.3 is 5.97 Å². The van der Waals surface area contributed by atoms with Gasteiger partial charge < -0.3 is 4.74 Å². The van der Waals surface area contributed by atoms with Crippen LogP contribution in [-0.4, -0.2) is 17.0 Å². The van der Waals surface area contributed by atoms with Crippen molar-refractivity contribution in [3.8, 4) is 0 Å². The van der Waals surface area contributed by atoms with Crippen molar-refractivity contribution in [3.05, 3.63) is 39.9 Å². The molecule has 1 rings (SSSR count). The van der Waals surface area contributed by atoms with Gasteiger partial charge in [0.05, 0.1) is 16.6 Å². The van der Waals surface area contributed by atoms with Crippen LogP contribution in [0.25, 0.3) is 0 Å². The molecule has 21 heavy (non-hydrogen) atoms. The molecule has 5 nitrogen and oxygen atoms in total. The summed E-state index contributed by atoms with van der Waals surface area (Å²) in [6.07, 6.45) is 6.61. The molecule has 1 aromatic rings. The number of ether oxygens (including phenoxy) is 1. The maximum Gasteiger partial charge on any atom is 0.338 e. The van der Waals surface area contributed by atoms with Crippen LogP contribution in [0.15, 0.2) is 24.3 Å². The van der Waals surface area contributed by atoms with Crippen molar-refractivity contribution in [1.82, 2.24) is 0 Å². The molecule has 5 heteroatoms. The summed E-state index contributed by atoms with van der Waals surface area (Å²) in [5.74, 6) is -0.425. The number of esters is 1. The summed E-state index contributed by atoms with van der Waals surface area (Å²) in [7, 11) is 0. The number of nitro groups is 1. The van der Waals surface area contributed by atoms with E-state index < -0.39 is 10.9 Å². The van der Waals surface area contributed by atoms with Gasteiger partial charge in [0.1, 0.15) is 0 Å². The molecule has 0 aliphatic carbocycles. The third-order valence-electron chi connectivity index (χ3n) is 3.34. The second-order valence-corrected chi connectivity index (χ2v) is 5.22.